The van der Waals surface area contributed by atoms with Gasteiger partial charge in [-0.2, -0.15) is 5.10 Å². The fraction of sp³-hybridized carbons (Fsp3) is 0.286. The summed E-state index contributed by atoms with van der Waals surface area (Å²) in [6.45, 7) is 4.12. The number of carboxylic acid groups (broad SMARTS) is 1. The molecule has 5 rings (SSSR count). The lowest BCUT2D eigenvalue weighted by molar-refractivity contribution is -0.0217. The van der Waals surface area contributed by atoms with Gasteiger partial charge < -0.3 is 24.1 Å². The summed E-state index contributed by atoms with van der Waals surface area (Å²) in [5.41, 5.74) is 5.57. The van der Waals surface area contributed by atoms with Crippen molar-refractivity contribution in [2.75, 3.05) is 21.3 Å². The molecule has 2 heterocycles. The van der Waals surface area contributed by atoms with E-state index >= 15 is 0 Å². The molecule has 36 heavy (non-hydrogen) atoms. The number of methoxy groups -OCH3 is 3. The predicted molar refractivity (Wildman–Crippen MR) is 135 cm³/mol. The highest BCUT2D eigenvalue weighted by Gasteiger charge is 2.44. The summed E-state index contributed by atoms with van der Waals surface area (Å²) in [6, 6.07) is 15.3. The molecule has 3 aromatic rings. The zero-order valence-electron chi connectivity index (χ0n) is 20.9. The second-order valence-corrected chi connectivity index (χ2v) is 8.88. The Bertz CT molecular complexity index is 1380. The van der Waals surface area contributed by atoms with Gasteiger partial charge in [-0.05, 0) is 43.7 Å². The molecule has 0 saturated heterocycles. The average Bonchev–Trinajstić information content (AvgIpc) is 3.33. The normalized spacial score (nSPS) is 18.0. The van der Waals surface area contributed by atoms with E-state index in [1.54, 1.807) is 19.2 Å². The summed E-state index contributed by atoms with van der Waals surface area (Å²) in [5, 5.41) is 17.1. The number of hydrogen-bond acceptors (Lipinski definition) is 7. The number of fused-ring (bicyclic) bond motifs is 3. The van der Waals surface area contributed by atoms with Gasteiger partial charge in [-0.3, -0.25) is 0 Å². The molecule has 0 spiro atoms. The van der Waals surface area contributed by atoms with Gasteiger partial charge in [0, 0.05) is 23.1 Å². The van der Waals surface area contributed by atoms with Crippen LogP contribution in [0.1, 0.15) is 56.9 Å². The van der Waals surface area contributed by atoms with Crippen molar-refractivity contribution in [2.24, 2.45) is 5.10 Å². The third-order valence-electron chi connectivity index (χ3n) is 6.76. The lowest BCUT2D eigenvalue weighted by atomic mass is 9.93. The number of benzene rings is 3. The van der Waals surface area contributed by atoms with Crippen molar-refractivity contribution in [3.05, 3.63) is 81.9 Å². The first-order valence-corrected chi connectivity index (χ1v) is 11.6. The number of para-hydroxylation sites is 1. The quantitative estimate of drug-likeness (QED) is 0.506. The number of aryl methyl sites for hydroxylation is 2. The summed E-state index contributed by atoms with van der Waals surface area (Å²) in [4.78, 5) is 12.5. The van der Waals surface area contributed by atoms with E-state index in [4.69, 9.17) is 24.0 Å². The molecule has 2 aliphatic heterocycles. The molecule has 186 valence electrons. The Labute approximate surface area is 209 Å². The van der Waals surface area contributed by atoms with Crippen LogP contribution in [0.3, 0.4) is 0 Å². The van der Waals surface area contributed by atoms with Crippen LogP contribution in [0, 0.1) is 13.8 Å². The van der Waals surface area contributed by atoms with Crippen LogP contribution in [-0.4, -0.2) is 43.1 Å². The molecule has 0 unspecified atom stereocenters. The minimum absolute atomic E-state index is 0.0330. The molecule has 2 atom stereocenters. The van der Waals surface area contributed by atoms with E-state index < -0.39 is 12.2 Å². The van der Waals surface area contributed by atoms with Crippen LogP contribution >= 0.6 is 0 Å². The highest BCUT2D eigenvalue weighted by atomic mass is 16.5. The molecular weight excluding hydrogens is 460 g/mol. The SMILES string of the molecule is COc1cccc2c1O[C@H](c1ccc(OC)c(OC)c1C(=O)O)N1N=C(c3cc(C)ccc3C)C[C@H]21. The number of carbonyl (C=O) groups is 1. The fourth-order valence-corrected chi connectivity index (χ4v) is 5.03. The van der Waals surface area contributed by atoms with Gasteiger partial charge in [0.2, 0.25) is 6.23 Å². The molecule has 2 aliphatic rings. The first-order valence-electron chi connectivity index (χ1n) is 11.6. The van der Waals surface area contributed by atoms with Gasteiger partial charge in [-0.1, -0.05) is 29.8 Å². The van der Waals surface area contributed by atoms with Crippen molar-refractivity contribution in [3.63, 3.8) is 0 Å². The highest BCUT2D eigenvalue weighted by molar-refractivity contribution is 6.03. The zero-order valence-corrected chi connectivity index (χ0v) is 20.9. The van der Waals surface area contributed by atoms with Gasteiger partial charge in [0.1, 0.15) is 5.56 Å². The summed E-state index contributed by atoms with van der Waals surface area (Å²) < 4.78 is 22.9. The Kier molecular flexibility index (Phi) is 5.96. The van der Waals surface area contributed by atoms with Crippen LogP contribution in [-0.2, 0) is 0 Å². The number of carboxylic acids is 1. The maximum atomic E-state index is 12.5. The topological polar surface area (TPSA) is 89.8 Å². The molecule has 0 aliphatic carbocycles. The van der Waals surface area contributed by atoms with Crippen molar-refractivity contribution in [1.29, 1.82) is 0 Å². The molecule has 1 N–H and O–H groups in total. The second-order valence-electron chi connectivity index (χ2n) is 8.88. The van der Waals surface area contributed by atoms with E-state index in [0.29, 0.717) is 29.2 Å². The monoisotopic (exact) mass is 488 g/mol. The van der Waals surface area contributed by atoms with Crippen LogP contribution in [0.25, 0.3) is 0 Å². The van der Waals surface area contributed by atoms with E-state index in [1.165, 1.54) is 14.2 Å². The van der Waals surface area contributed by atoms with E-state index in [2.05, 4.69) is 32.0 Å². The Morgan fingerprint density at radius 3 is 2.47 bits per heavy atom. The molecule has 0 radical (unpaired) electrons. The van der Waals surface area contributed by atoms with E-state index in [1.807, 2.05) is 23.2 Å². The molecule has 8 nitrogen and oxygen atoms in total. The largest absolute Gasteiger partial charge is 0.493 e. The van der Waals surface area contributed by atoms with Gasteiger partial charge in [0.15, 0.2) is 23.0 Å². The third kappa shape index (κ3) is 3.69. The second kappa shape index (κ2) is 9.11. The summed E-state index contributed by atoms with van der Waals surface area (Å²) in [7, 11) is 4.48. The minimum Gasteiger partial charge on any atom is -0.493 e. The predicted octanol–water partition coefficient (Wildman–Crippen LogP) is 5.27. The van der Waals surface area contributed by atoms with Gasteiger partial charge >= 0.3 is 5.97 Å². The molecule has 0 amide bonds. The molecule has 3 aromatic carbocycles. The Morgan fingerprint density at radius 1 is 1.00 bits per heavy atom. The summed E-state index contributed by atoms with van der Waals surface area (Å²) in [6.07, 6.45) is -0.188. The first kappa shape index (κ1) is 23.5. The van der Waals surface area contributed by atoms with Crippen LogP contribution < -0.4 is 18.9 Å². The number of ether oxygens (including phenoxy) is 4. The standard InChI is InChI=1S/C28H28N2O6/c1-15-9-10-16(2)19(13-15)20-14-21-17-7-6-8-22(33-3)25(17)36-27(30(21)29-20)18-11-12-23(34-4)26(35-5)24(18)28(31)32/h6-13,21,27H,14H2,1-5H3,(H,31,32)/t21-,27-/m1/s1. The molecule has 0 aromatic heterocycles. The lowest BCUT2D eigenvalue weighted by Crippen LogP contribution is -2.35. The number of hydrogen-bond donors (Lipinski definition) is 1. The maximum absolute atomic E-state index is 12.5. The maximum Gasteiger partial charge on any atom is 0.340 e. The average molecular weight is 489 g/mol. The minimum atomic E-state index is -1.15. The van der Waals surface area contributed by atoms with Crippen molar-refractivity contribution < 1.29 is 28.8 Å². The van der Waals surface area contributed by atoms with Crippen LogP contribution in [0.15, 0.2) is 53.6 Å². The van der Waals surface area contributed by atoms with Crippen LogP contribution in [0.4, 0.5) is 0 Å². The van der Waals surface area contributed by atoms with Gasteiger partial charge in [-0.15, -0.1) is 0 Å². The molecule has 0 saturated carbocycles. The third-order valence-corrected chi connectivity index (χ3v) is 6.76. The molecule has 8 heteroatoms. The summed E-state index contributed by atoms with van der Waals surface area (Å²) in [5.74, 6) is 0.463. The van der Waals surface area contributed by atoms with E-state index in [9.17, 15) is 9.90 Å². The van der Waals surface area contributed by atoms with Crippen molar-refractivity contribution in [1.82, 2.24) is 5.01 Å². The Hall–Kier alpha value is -4.20. The number of aromatic carboxylic acids is 1. The number of hydrazone groups is 1. The Balaban J connectivity index is 1.72. The molecular formula is C28H28N2O6. The van der Waals surface area contributed by atoms with Gasteiger partial charge in [-0.25, -0.2) is 9.80 Å². The van der Waals surface area contributed by atoms with E-state index in [0.717, 1.165) is 28.0 Å². The van der Waals surface area contributed by atoms with Crippen molar-refractivity contribution in [2.45, 2.75) is 32.5 Å². The van der Waals surface area contributed by atoms with Gasteiger partial charge in [0.25, 0.3) is 0 Å². The van der Waals surface area contributed by atoms with Crippen molar-refractivity contribution in [3.8, 4) is 23.0 Å². The zero-order chi connectivity index (χ0) is 25.6. The number of rotatable bonds is 6. The van der Waals surface area contributed by atoms with Crippen LogP contribution in [0.5, 0.6) is 23.0 Å². The molecule has 0 bridgehead atoms. The Morgan fingerprint density at radius 2 is 1.78 bits per heavy atom. The number of nitrogens with zero attached hydrogens (tertiary/aromatic N) is 2. The first-order chi connectivity index (χ1) is 17.4. The van der Waals surface area contributed by atoms with E-state index in [-0.39, 0.29) is 17.4 Å². The summed E-state index contributed by atoms with van der Waals surface area (Å²) >= 11 is 0. The highest BCUT2D eigenvalue weighted by Crippen LogP contribution is 2.52. The fourth-order valence-electron chi connectivity index (χ4n) is 5.03. The molecule has 0 fully saturated rings. The smallest absolute Gasteiger partial charge is 0.340 e. The van der Waals surface area contributed by atoms with Crippen LogP contribution in [0.2, 0.25) is 0 Å². The lowest BCUT2D eigenvalue weighted by Gasteiger charge is -2.39. The van der Waals surface area contributed by atoms with Crippen molar-refractivity contribution >= 4 is 11.7 Å². The van der Waals surface area contributed by atoms with Gasteiger partial charge in [0.05, 0.1) is 33.1 Å².